The first-order chi connectivity index (χ1) is 8.24. The molecular weight excluding hydrogens is 210 g/mol. The van der Waals surface area contributed by atoms with Gasteiger partial charge in [-0.3, -0.25) is 0 Å². The summed E-state index contributed by atoms with van der Waals surface area (Å²) in [6.45, 7) is 9.36. The van der Waals surface area contributed by atoms with E-state index in [0.29, 0.717) is 0 Å². The van der Waals surface area contributed by atoms with Gasteiger partial charge in [0.05, 0.1) is 0 Å². The van der Waals surface area contributed by atoms with Gasteiger partial charge in [0.25, 0.3) is 0 Å². The summed E-state index contributed by atoms with van der Waals surface area (Å²) < 4.78 is 0. The van der Waals surface area contributed by atoms with Gasteiger partial charge in [-0.05, 0) is 36.9 Å². The lowest BCUT2D eigenvalue weighted by Gasteiger charge is -2.18. The molecule has 3 nitrogen and oxygen atoms in total. The van der Waals surface area contributed by atoms with Gasteiger partial charge in [-0.2, -0.15) is 0 Å². The monoisotopic (exact) mass is 233 g/mol. The van der Waals surface area contributed by atoms with Crippen molar-refractivity contribution in [3.63, 3.8) is 0 Å². The van der Waals surface area contributed by atoms with E-state index in [4.69, 9.17) is 0 Å². The minimum absolute atomic E-state index is 0.774. The van der Waals surface area contributed by atoms with Crippen molar-refractivity contribution < 1.29 is 0 Å². The second-order valence-electron chi connectivity index (χ2n) is 5.40. The second kappa shape index (κ2) is 6.01. The lowest BCUT2D eigenvalue weighted by Crippen LogP contribution is -2.26. The SMILES string of the molecule is CC(C)CN1CCC(CNc2ccccn2)C1. The third-order valence-electron chi connectivity index (χ3n) is 3.23. The summed E-state index contributed by atoms with van der Waals surface area (Å²) in [6, 6.07) is 6.00. The maximum atomic E-state index is 4.28. The third-order valence-corrected chi connectivity index (χ3v) is 3.23. The minimum Gasteiger partial charge on any atom is -0.370 e. The Balaban J connectivity index is 1.71. The van der Waals surface area contributed by atoms with E-state index in [-0.39, 0.29) is 0 Å². The van der Waals surface area contributed by atoms with Crippen molar-refractivity contribution >= 4 is 5.82 Å². The Labute approximate surface area is 104 Å². The minimum atomic E-state index is 0.774. The molecule has 0 spiro atoms. The van der Waals surface area contributed by atoms with Gasteiger partial charge in [-0.25, -0.2) is 4.98 Å². The Morgan fingerprint density at radius 3 is 3.06 bits per heavy atom. The standard InChI is InChI=1S/C14H23N3/c1-12(2)10-17-8-6-13(11-17)9-16-14-5-3-4-7-15-14/h3-5,7,12-13H,6,8-11H2,1-2H3,(H,15,16). The molecule has 3 heteroatoms. The first-order valence-electron chi connectivity index (χ1n) is 6.61. The number of nitrogens with zero attached hydrogens (tertiary/aromatic N) is 2. The van der Waals surface area contributed by atoms with Crippen LogP contribution in [0.1, 0.15) is 20.3 Å². The molecule has 1 N–H and O–H groups in total. The van der Waals surface area contributed by atoms with Crippen LogP contribution in [-0.2, 0) is 0 Å². The Bertz CT molecular complexity index is 323. The maximum absolute atomic E-state index is 4.28. The third kappa shape index (κ3) is 4.00. The number of anilines is 1. The summed E-state index contributed by atoms with van der Waals surface area (Å²) in [5.41, 5.74) is 0. The van der Waals surface area contributed by atoms with Gasteiger partial charge in [-0.1, -0.05) is 19.9 Å². The van der Waals surface area contributed by atoms with E-state index in [2.05, 4.69) is 29.0 Å². The molecule has 1 aliphatic heterocycles. The summed E-state index contributed by atoms with van der Waals surface area (Å²) >= 11 is 0. The van der Waals surface area contributed by atoms with Crippen molar-refractivity contribution in [3.8, 4) is 0 Å². The summed E-state index contributed by atoms with van der Waals surface area (Å²) in [5.74, 6) is 2.54. The lowest BCUT2D eigenvalue weighted by molar-refractivity contribution is 0.289. The highest BCUT2D eigenvalue weighted by molar-refractivity contribution is 5.33. The predicted octanol–water partition coefficient (Wildman–Crippen LogP) is 2.47. The van der Waals surface area contributed by atoms with Crippen LogP contribution in [0.4, 0.5) is 5.82 Å². The molecule has 1 aromatic rings. The number of rotatable bonds is 5. The van der Waals surface area contributed by atoms with Gasteiger partial charge in [0.15, 0.2) is 0 Å². The normalized spacial score (nSPS) is 21.0. The van der Waals surface area contributed by atoms with E-state index in [1.54, 1.807) is 0 Å². The molecule has 0 saturated carbocycles. The highest BCUT2D eigenvalue weighted by atomic mass is 15.2. The maximum Gasteiger partial charge on any atom is 0.125 e. The molecule has 0 aliphatic carbocycles. The highest BCUT2D eigenvalue weighted by Gasteiger charge is 2.22. The summed E-state index contributed by atoms with van der Waals surface area (Å²) in [4.78, 5) is 6.86. The van der Waals surface area contributed by atoms with E-state index < -0.39 is 0 Å². The fraction of sp³-hybridized carbons (Fsp3) is 0.643. The van der Waals surface area contributed by atoms with Crippen LogP contribution in [0.2, 0.25) is 0 Å². The summed E-state index contributed by atoms with van der Waals surface area (Å²) in [7, 11) is 0. The zero-order valence-corrected chi connectivity index (χ0v) is 10.9. The van der Waals surface area contributed by atoms with Gasteiger partial charge in [-0.15, -0.1) is 0 Å². The molecule has 1 atom stereocenters. The van der Waals surface area contributed by atoms with Crippen LogP contribution in [-0.4, -0.2) is 36.1 Å². The number of hydrogen-bond acceptors (Lipinski definition) is 3. The van der Waals surface area contributed by atoms with Crippen LogP contribution >= 0.6 is 0 Å². The van der Waals surface area contributed by atoms with Crippen molar-refractivity contribution in [2.75, 3.05) is 31.5 Å². The number of hydrogen-bond donors (Lipinski definition) is 1. The molecule has 0 radical (unpaired) electrons. The molecule has 1 fully saturated rings. The van der Waals surface area contributed by atoms with Crippen LogP contribution in [0.15, 0.2) is 24.4 Å². The zero-order valence-electron chi connectivity index (χ0n) is 10.9. The quantitative estimate of drug-likeness (QED) is 0.847. The fourth-order valence-corrected chi connectivity index (χ4v) is 2.48. The van der Waals surface area contributed by atoms with Gasteiger partial charge in [0.1, 0.15) is 5.82 Å². The molecular formula is C14H23N3. The van der Waals surface area contributed by atoms with E-state index in [0.717, 1.165) is 24.2 Å². The Hall–Kier alpha value is -1.09. The van der Waals surface area contributed by atoms with Crippen molar-refractivity contribution in [3.05, 3.63) is 24.4 Å². The molecule has 94 valence electrons. The zero-order chi connectivity index (χ0) is 12.1. The topological polar surface area (TPSA) is 28.2 Å². The van der Waals surface area contributed by atoms with Crippen LogP contribution in [0, 0.1) is 11.8 Å². The molecule has 1 saturated heterocycles. The van der Waals surface area contributed by atoms with Crippen molar-refractivity contribution in [1.82, 2.24) is 9.88 Å². The van der Waals surface area contributed by atoms with Gasteiger partial charge in [0, 0.05) is 25.8 Å². The predicted molar refractivity (Wildman–Crippen MR) is 72.1 cm³/mol. The van der Waals surface area contributed by atoms with Crippen LogP contribution in [0.3, 0.4) is 0 Å². The smallest absolute Gasteiger partial charge is 0.125 e. The van der Waals surface area contributed by atoms with E-state index in [1.807, 2.05) is 24.4 Å². The molecule has 2 rings (SSSR count). The van der Waals surface area contributed by atoms with Crippen LogP contribution < -0.4 is 5.32 Å². The average molecular weight is 233 g/mol. The fourth-order valence-electron chi connectivity index (χ4n) is 2.48. The Morgan fingerprint density at radius 2 is 2.35 bits per heavy atom. The van der Waals surface area contributed by atoms with E-state index >= 15 is 0 Å². The largest absolute Gasteiger partial charge is 0.370 e. The first kappa shape index (κ1) is 12.4. The number of likely N-dealkylation sites (tertiary alicyclic amines) is 1. The van der Waals surface area contributed by atoms with Gasteiger partial charge in [0.2, 0.25) is 0 Å². The van der Waals surface area contributed by atoms with Crippen LogP contribution in [0.5, 0.6) is 0 Å². The van der Waals surface area contributed by atoms with E-state index in [1.165, 1.54) is 26.1 Å². The number of aromatic nitrogens is 1. The van der Waals surface area contributed by atoms with Crippen LogP contribution in [0.25, 0.3) is 0 Å². The molecule has 0 bridgehead atoms. The average Bonchev–Trinajstić information content (AvgIpc) is 2.75. The Morgan fingerprint density at radius 1 is 1.47 bits per heavy atom. The number of nitrogens with one attached hydrogen (secondary N) is 1. The highest BCUT2D eigenvalue weighted by Crippen LogP contribution is 2.17. The summed E-state index contributed by atoms with van der Waals surface area (Å²) in [6.07, 6.45) is 3.15. The van der Waals surface area contributed by atoms with Gasteiger partial charge < -0.3 is 10.2 Å². The van der Waals surface area contributed by atoms with Crippen molar-refractivity contribution in [2.45, 2.75) is 20.3 Å². The molecule has 1 aliphatic rings. The lowest BCUT2D eigenvalue weighted by atomic mass is 10.1. The molecule has 2 heterocycles. The molecule has 1 aromatic heterocycles. The summed E-state index contributed by atoms with van der Waals surface area (Å²) in [5, 5.41) is 3.42. The number of pyridine rings is 1. The van der Waals surface area contributed by atoms with E-state index in [9.17, 15) is 0 Å². The van der Waals surface area contributed by atoms with Gasteiger partial charge >= 0.3 is 0 Å². The van der Waals surface area contributed by atoms with Crippen molar-refractivity contribution in [1.29, 1.82) is 0 Å². The molecule has 0 aromatic carbocycles. The molecule has 0 amide bonds. The second-order valence-corrected chi connectivity index (χ2v) is 5.40. The van der Waals surface area contributed by atoms with Crippen molar-refractivity contribution in [2.24, 2.45) is 11.8 Å². The Kier molecular flexibility index (Phi) is 4.37. The molecule has 17 heavy (non-hydrogen) atoms. The molecule has 1 unspecified atom stereocenters. The first-order valence-corrected chi connectivity index (χ1v) is 6.61.